The largest absolute Gasteiger partial charge is 0.493 e. The van der Waals surface area contributed by atoms with E-state index in [4.69, 9.17) is 14.2 Å². The van der Waals surface area contributed by atoms with E-state index in [0.717, 1.165) is 39.4 Å². The molecule has 0 fully saturated rings. The number of carbonyl (C=O) groups excluding carboxylic acids is 1. The number of rotatable bonds is 8. The molecule has 7 heteroatoms. The summed E-state index contributed by atoms with van der Waals surface area (Å²) in [5.41, 5.74) is 5.95. The lowest BCUT2D eigenvalue weighted by molar-refractivity contribution is 0.0924. The molecule has 3 heterocycles. The van der Waals surface area contributed by atoms with Crippen molar-refractivity contribution in [2.75, 3.05) is 20.8 Å². The molecule has 1 aliphatic rings. The minimum atomic E-state index is -0.0633. The number of thiophene rings is 1. The van der Waals surface area contributed by atoms with Gasteiger partial charge in [0.25, 0.3) is 5.91 Å². The summed E-state index contributed by atoms with van der Waals surface area (Å²) in [6, 6.07) is 8.31. The number of benzene rings is 1. The normalized spacial score (nSPS) is 12.9. The van der Waals surface area contributed by atoms with Gasteiger partial charge < -0.3 is 24.1 Å². The number of methoxy groups -OCH3 is 2. The third-order valence-electron chi connectivity index (χ3n) is 6.03. The quantitative estimate of drug-likeness (QED) is 0.406. The fraction of sp³-hybridized carbons (Fsp3) is 0.464. The van der Waals surface area contributed by atoms with Crippen LogP contribution in [0.3, 0.4) is 0 Å². The Morgan fingerprint density at radius 1 is 1.20 bits per heavy atom. The molecule has 1 N–H and O–H groups in total. The summed E-state index contributed by atoms with van der Waals surface area (Å²) in [5.74, 6) is 1.38. The number of amides is 1. The van der Waals surface area contributed by atoms with E-state index in [1.165, 1.54) is 5.56 Å². The summed E-state index contributed by atoms with van der Waals surface area (Å²) < 4.78 is 19.6. The van der Waals surface area contributed by atoms with E-state index in [9.17, 15) is 4.79 Å². The van der Waals surface area contributed by atoms with Crippen LogP contribution in [0.2, 0.25) is 0 Å². The van der Waals surface area contributed by atoms with Crippen molar-refractivity contribution < 1.29 is 19.0 Å². The van der Waals surface area contributed by atoms with Crippen LogP contribution in [0.1, 0.15) is 56.2 Å². The van der Waals surface area contributed by atoms with E-state index in [1.54, 1.807) is 25.6 Å². The number of nitrogens with zero attached hydrogens (tertiary/aromatic N) is 1. The number of ether oxygens (including phenoxy) is 3. The molecular weight excluding hydrogens is 460 g/mol. The molecular formula is C28H36N2O4S. The average Bonchev–Trinajstić information content (AvgIpc) is 3.42. The second-order valence-electron chi connectivity index (χ2n) is 10.4. The van der Waals surface area contributed by atoms with Crippen LogP contribution >= 0.6 is 11.3 Å². The molecule has 0 bridgehead atoms. The molecule has 35 heavy (non-hydrogen) atoms. The SMILES string of the molecule is COCc1c(-c2cccs2)c2n(c1C(=O)NCC(C)(C)C)CCc1cc(OC)c(OC(C)C)cc1-2. The van der Waals surface area contributed by atoms with Crippen molar-refractivity contribution in [3.63, 3.8) is 0 Å². The summed E-state index contributed by atoms with van der Waals surface area (Å²) in [7, 11) is 3.35. The first-order valence-corrected chi connectivity index (χ1v) is 13.0. The topological polar surface area (TPSA) is 61.7 Å². The van der Waals surface area contributed by atoms with Gasteiger partial charge in [-0.15, -0.1) is 11.3 Å². The third kappa shape index (κ3) is 5.11. The van der Waals surface area contributed by atoms with Crippen molar-refractivity contribution in [1.29, 1.82) is 0 Å². The van der Waals surface area contributed by atoms with Gasteiger partial charge in [-0.05, 0) is 54.8 Å². The first-order valence-electron chi connectivity index (χ1n) is 12.1. The number of hydrogen-bond acceptors (Lipinski definition) is 5. The van der Waals surface area contributed by atoms with Crippen LogP contribution in [0.4, 0.5) is 0 Å². The number of fused-ring (bicyclic) bond motifs is 3. The van der Waals surface area contributed by atoms with Gasteiger partial charge >= 0.3 is 0 Å². The second kappa shape index (κ2) is 10.1. The number of carbonyl (C=O) groups is 1. The monoisotopic (exact) mass is 496 g/mol. The van der Waals surface area contributed by atoms with E-state index in [2.05, 4.69) is 54.2 Å². The van der Waals surface area contributed by atoms with Crippen LogP contribution in [-0.2, 0) is 24.3 Å². The molecule has 0 unspecified atom stereocenters. The number of aromatic nitrogens is 1. The van der Waals surface area contributed by atoms with Crippen molar-refractivity contribution in [3.8, 4) is 33.2 Å². The maximum atomic E-state index is 13.6. The second-order valence-corrected chi connectivity index (χ2v) is 11.4. The van der Waals surface area contributed by atoms with Crippen LogP contribution in [0.5, 0.6) is 11.5 Å². The number of aryl methyl sites for hydroxylation is 1. The lowest BCUT2D eigenvalue weighted by Gasteiger charge is -2.25. The molecule has 2 aromatic heterocycles. The third-order valence-corrected chi connectivity index (χ3v) is 6.91. The average molecular weight is 497 g/mol. The van der Waals surface area contributed by atoms with Crippen molar-refractivity contribution in [3.05, 3.63) is 46.5 Å². The van der Waals surface area contributed by atoms with Gasteiger partial charge in [0.1, 0.15) is 5.69 Å². The Kier molecular flexibility index (Phi) is 7.29. The Bertz CT molecular complexity index is 1200. The summed E-state index contributed by atoms with van der Waals surface area (Å²) in [6.07, 6.45) is 0.808. The van der Waals surface area contributed by atoms with E-state index in [0.29, 0.717) is 31.1 Å². The standard InChI is InChI=1S/C28H36N2O4S/c1-17(2)34-22-14-19-18(13-21(22)33-7)10-11-30-25(19)24(23-9-8-12-35-23)20(15-32-6)26(30)27(31)29-16-28(3,4)5/h8-9,12-14,17H,10-11,15-16H2,1-7H3,(H,29,31). The van der Waals surface area contributed by atoms with Crippen LogP contribution in [-0.4, -0.2) is 37.3 Å². The summed E-state index contributed by atoms with van der Waals surface area (Å²) in [6.45, 7) is 12.0. The molecule has 0 saturated heterocycles. The fourth-order valence-corrected chi connectivity index (χ4v) is 5.40. The summed E-state index contributed by atoms with van der Waals surface area (Å²) in [4.78, 5) is 14.8. The minimum absolute atomic E-state index is 0.0110. The maximum Gasteiger partial charge on any atom is 0.268 e. The lowest BCUT2D eigenvalue weighted by Crippen LogP contribution is -2.34. The predicted molar refractivity (Wildman–Crippen MR) is 142 cm³/mol. The Hall–Kier alpha value is -2.77. The van der Waals surface area contributed by atoms with Gasteiger partial charge in [-0.25, -0.2) is 0 Å². The molecule has 0 atom stereocenters. The maximum absolute atomic E-state index is 13.6. The van der Waals surface area contributed by atoms with E-state index in [1.807, 2.05) is 19.9 Å². The Morgan fingerprint density at radius 2 is 1.97 bits per heavy atom. The highest BCUT2D eigenvalue weighted by atomic mass is 32.1. The molecule has 0 spiro atoms. The van der Waals surface area contributed by atoms with E-state index < -0.39 is 0 Å². The van der Waals surface area contributed by atoms with Crippen LogP contribution in [0.15, 0.2) is 29.6 Å². The molecule has 188 valence electrons. The Balaban J connectivity index is 1.97. The highest BCUT2D eigenvalue weighted by Gasteiger charge is 2.33. The van der Waals surface area contributed by atoms with Crippen molar-refractivity contribution >= 4 is 17.2 Å². The van der Waals surface area contributed by atoms with Crippen molar-refractivity contribution in [1.82, 2.24) is 9.88 Å². The van der Waals surface area contributed by atoms with E-state index >= 15 is 0 Å². The Labute approximate surface area is 212 Å². The molecule has 4 rings (SSSR count). The molecule has 1 aliphatic heterocycles. The van der Waals surface area contributed by atoms with Gasteiger partial charge in [-0.3, -0.25) is 4.79 Å². The van der Waals surface area contributed by atoms with Gasteiger partial charge in [-0.1, -0.05) is 26.8 Å². The van der Waals surface area contributed by atoms with Gasteiger partial charge in [0.2, 0.25) is 0 Å². The van der Waals surface area contributed by atoms with Crippen LogP contribution in [0, 0.1) is 5.41 Å². The zero-order valence-corrected chi connectivity index (χ0v) is 22.6. The van der Waals surface area contributed by atoms with E-state index in [-0.39, 0.29) is 17.4 Å². The smallest absolute Gasteiger partial charge is 0.268 e. The molecule has 3 aromatic rings. The van der Waals surface area contributed by atoms with Gasteiger partial charge in [0, 0.05) is 41.8 Å². The Morgan fingerprint density at radius 3 is 2.57 bits per heavy atom. The van der Waals surface area contributed by atoms with Gasteiger partial charge in [0.05, 0.1) is 25.5 Å². The molecule has 1 amide bonds. The molecule has 0 aliphatic carbocycles. The van der Waals surface area contributed by atoms with Gasteiger partial charge in [0.15, 0.2) is 11.5 Å². The van der Waals surface area contributed by atoms with Crippen molar-refractivity contribution in [2.24, 2.45) is 5.41 Å². The van der Waals surface area contributed by atoms with Crippen molar-refractivity contribution in [2.45, 2.75) is 60.3 Å². The zero-order chi connectivity index (χ0) is 25.3. The minimum Gasteiger partial charge on any atom is -0.493 e. The highest BCUT2D eigenvalue weighted by molar-refractivity contribution is 7.13. The van der Waals surface area contributed by atoms with Crippen LogP contribution < -0.4 is 14.8 Å². The van der Waals surface area contributed by atoms with Gasteiger partial charge in [-0.2, -0.15) is 0 Å². The molecule has 6 nitrogen and oxygen atoms in total. The first kappa shape index (κ1) is 25.3. The highest BCUT2D eigenvalue weighted by Crippen LogP contribution is 2.47. The molecule has 1 aromatic carbocycles. The molecule has 0 radical (unpaired) electrons. The number of nitrogens with one attached hydrogen (secondary N) is 1. The molecule has 0 saturated carbocycles. The fourth-order valence-electron chi connectivity index (χ4n) is 4.60. The lowest BCUT2D eigenvalue weighted by atomic mass is 9.94. The summed E-state index contributed by atoms with van der Waals surface area (Å²) in [5, 5.41) is 5.24. The van der Waals surface area contributed by atoms with Crippen LogP contribution in [0.25, 0.3) is 21.7 Å². The summed E-state index contributed by atoms with van der Waals surface area (Å²) >= 11 is 1.67. The first-order chi connectivity index (χ1) is 16.6. The number of hydrogen-bond donors (Lipinski definition) is 1. The predicted octanol–water partition coefficient (Wildman–Crippen LogP) is 6.16. The zero-order valence-electron chi connectivity index (χ0n) is 21.8.